The van der Waals surface area contributed by atoms with Gasteiger partial charge in [0.25, 0.3) is 0 Å². The molecule has 4 nitrogen and oxygen atoms in total. The zero-order valence-electron chi connectivity index (χ0n) is 34.0. The van der Waals surface area contributed by atoms with Crippen LogP contribution in [0.3, 0.4) is 0 Å². The maximum absolute atomic E-state index is 12.4. The molecule has 0 rings (SSSR count). The Morgan fingerprint density at radius 2 is 0.865 bits per heavy atom. The average Bonchev–Trinajstić information content (AvgIpc) is 3.15. The second kappa shape index (κ2) is 43.0. The summed E-state index contributed by atoms with van der Waals surface area (Å²) in [4.78, 5) is 12.4. The summed E-state index contributed by atoms with van der Waals surface area (Å²) in [5, 5.41) is 22.9. The highest BCUT2D eigenvalue weighted by atomic mass is 16.3. The number of nitrogens with one attached hydrogen (secondary N) is 1. The lowest BCUT2D eigenvalue weighted by atomic mass is 10.0. The van der Waals surface area contributed by atoms with E-state index < -0.39 is 12.1 Å². The first-order valence-electron chi connectivity index (χ1n) is 21.8. The average molecular weight is 722 g/mol. The molecular formula is C48H83NO3. The quantitative estimate of drug-likeness (QED) is 0.0439. The van der Waals surface area contributed by atoms with Crippen LogP contribution in [-0.4, -0.2) is 34.9 Å². The van der Waals surface area contributed by atoms with Gasteiger partial charge in [0.15, 0.2) is 0 Å². The topological polar surface area (TPSA) is 69.6 Å². The van der Waals surface area contributed by atoms with E-state index in [9.17, 15) is 15.0 Å². The van der Waals surface area contributed by atoms with E-state index in [-0.39, 0.29) is 12.5 Å². The van der Waals surface area contributed by atoms with Crippen LogP contribution in [0, 0.1) is 0 Å². The normalized spacial score (nSPS) is 13.8. The molecule has 0 aliphatic heterocycles. The van der Waals surface area contributed by atoms with Crippen LogP contribution >= 0.6 is 0 Å². The maximum Gasteiger partial charge on any atom is 0.220 e. The van der Waals surface area contributed by atoms with Gasteiger partial charge in [-0.1, -0.05) is 195 Å². The molecule has 0 radical (unpaired) electrons. The monoisotopic (exact) mass is 722 g/mol. The van der Waals surface area contributed by atoms with Crippen molar-refractivity contribution in [2.24, 2.45) is 0 Å². The predicted octanol–water partition coefficient (Wildman–Crippen LogP) is 13.7. The number of aliphatic hydroxyl groups excluding tert-OH is 2. The van der Waals surface area contributed by atoms with Crippen molar-refractivity contribution in [2.45, 2.75) is 206 Å². The predicted molar refractivity (Wildman–Crippen MR) is 230 cm³/mol. The lowest BCUT2D eigenvalue weighted by Gasteiger charge is -2.19. The van der Waals surface area contributed by atoms with Crippen molar-refractivity contribution in [3.63, 3.8) is 0 Å². The van der Waals surface area contributed by atoms with E-state index in [1.807, 2.05) is 6.08 Å². The summed E-state index contributed by atoms with van der Waals surface area (Å²) in [6.07, 6.45) is 62.7. The van der Waals surface area contributed by atoms with Gasteiger partial charge < -0.3 is 15.5 Å². The Balaban J connectivity index is 3.57. The number of aliphatic hydroxyl groups is 2. The molecule has 0 fully saturated rings. The lowest BCUT2D eigenvalue weighted by Crippen LogP contribution is -2.45. The van der Waals surface area contributed by atoms with Crippen LogP contribution in [-0.2, 0) is 4.79 Å². The van der Waals surface area contributed by atoms with Crippen LogP contribution in [0.1, 0.15) is 194 Å². The third-order valence-electron chi connectivity index (χ3n) is 9.36. The number of allylic oxidation sites excluding steroid dienone is 13. The van der Waals surface area contributed by atoms with E-state index in [4.69, 9.17) is 0 Å². The molecule has 3 N–H and O–H groups in total. The smallest absolute Gasteiger partial charge is 0.220 e. The molecule has 2 atom stereocenters. The van der Waals surface area contributed by atoms with Crippen molar-refractivity contribution in [3.8, 4) is 0 Å². The Morgan fingerprint density at radius 1 is 0.481 bits per heavy atom. The van der Waals surface area contributed by atoms with E-state index in [2.05, 4.69) is 92.1 Å². The highest BCUT2D eigenvalue weighted by Crippen LogP contribution is 2.14. The molecule has 0 heterocycles. The first-order valence-corrected chi connectivity index (χ1v) is 21.8. The van der Waals surface area contributed by atoms with E-state index in [1.165, 1.54) is 109 Å². The van der Waals surface area contributed by atoms with Crippen molar-refractivity contribution in [1.29, 1.82) is 0 Å². The molecule has 0 saturated heterocycles. The lowest BCUT2D eigenvalue weighted by molar-refractivity contribution is -0.123. The summed E-state index contributed by atoms with van der Waals surface area (Å²) in [5.41, 5.74) is 0. The summed E-state index contributed by atoms with van der Waals surface area (Å²) in [7, 11) is 0. The number of rotatable bonds is 38. The van der Waals surface area contributed by atoms with Crippen molar-refractivity contribution < 1.29 is 15.0 Å². The Bertz CT molecular complexity index is 957. The van der Waals surface area contributed by atoms with Gasteiger partial charge in [-0.3, -0.25) is 4.79 Å². The summed E-state index contributed by atoms with van der Waals surface area (Å²) in [5.74, 6) is -0.0810. The minimum absolute atomic E-state index is 0.0810. The molecule has 1 amide bonds. The number of carbonyl (C=O) groups excluding carboxylic acids is 1. The Kier molecular flexibility index (Phi) is 41.0. The molecule has 0 aliphatic carbocycles. The van der Waals surface area contributed by atoms with Crippen LogP contribution in [0.5, 0.6) is 0 Å². The SMILES string of the molecule is CC/C=C\C/C=C\C/C=C\C/C=C\C/C=C\CCCCCCCCCCCCCCCC(=O)NC(CO)C(O)/C=C/CC/C=C/CCCCCCC. The molecule has 0 aromatic heterocycles. The standard InChI is InChI=1S/C48H83NO3/c1-3-5-7-9-11-13-15-16-17-18-19-20-21-22-23-24-25-26-27-28-29-30-31-32-34-36-38-40-42-44-48(52)49-46(45-50)47(51)43-41-39-37-35-33-14-12-10-8-6-4-2/h5,7,11,13,16-17,19-20,22-23,33,35,41,43,46-47,50-51H,3-4,6,8-10,12,14-15,18,21,24-32,34,36-40,42,44-45H2,1-2H3,(H,49,52)/b7-5-,13-11-,17-16-,20-19-,23-22-,35-33+,43-41+. The Labute approximate surface area is 322 Å². The van der Waals surface area contributed by atoms with Gasteiger partial charge in [-0.05, 0) is 77.0 Å². The van der Waals surface area contributed by atoms with E-state index in [0.717, 1.165) is 64.2 Å². The second-order valence-electron chi connectivity index (χ2n) is 14.4. The fourth-order valence-electron chi connectivity index (χ4n) is 6.04. The molecule has 4 heteroatoms. The number of amides is 1. The summed E-state index contributed by atoms with van der Waals surface area (Å²) in [6, 6.07) is -0.642. The van der Waals surface area contributed by atoms with Gasteiger partial charge in [0, 0.05) is 6.42 Å². The highest BCUT2D eigenvalue weighted by molar-refractivity contribution is 5.76. The highest BCUT2D eigenvalue weighted by Gasteiger charge is 2.17. The third-order valence-corrected chi connectivity index (χ3v) is 9.36. The Morgan fingerprint density at radius 3 is 1.35 bits per heavy atom. The van der Waals surface area contributed by atoms with E-state index in [0.29, 0.717) is 6.42 Å². The van der Waals surface area contributed by atoms with Gasteiger partial charge in [0.1, 0.15) is 0 Å². The third kappa shape index (κ3) is 38.8. The molecule has 0 saturated carbocycles. The minimum Gasteiger partial charge on any atom is -0.394 e. The first kappa shape index (κ1) is 49.6. The molecule has 2 unspecified atom stereocenters. The van der Waals surface area contributed by atoms with Crippen LogP contribution in [0.15, 0.2) is 85.1 Å². The maximum atomic E-state index is 12.4. The first-order chi connectivity index (χ1) is 25.7. The van der Waals surface area contributed by atoms with Crippen LogP contribution < -0.4 is 5.32 Å². The zero-order chi connectivity index (χ0) is 37.8. The molecule has 0 spiro atoms. The zero-order valence-corrected chi connectivity index (χ0v) is 34.0. The van der Waals surface area contributed by atoms with Gasteiger partial charge >= 0.3 is 0 Å². The van der Waals surface area contributed by atoms with E-state index >= 15 is 0 Å². The molecule has 0 aromatic carbocycles. The van der Waals surface area contributed by atoms with Crippen molar-refractivity contribution in [1.82, 2.24) is 5.32 Å². The number of unbranched alkanes of at least 4 members (excludes halogenated alkanes) is 19. The van der Waals surface area contributed by atoms with Gasteiger partial charge in [-0.15, -0.1) is 0 Å². The molecule has 0 bridgehead atoms. The van der Waals surface area contributed by atoms with Crippen LogP contribution in [0.4, 0.5) is 0 Å². The fourth-order valence-corrected chi connectivity index (χ4v) is 6.04. The van der Waals surface area contributed by atoms with Crippen molar-refractivity contribution in [2.75, 3.05) is 6.61 Å². The summed E-state index contributed by atoms with van der Waals surface area (Å²) >= 11 is 0. The molecule has 0 aliphatic rings. The van der Waals surface area contributed by atoms with E-state index in [1.54, 1.807) is 6.08 Å². The second-order valence-corrected chi connectivity index (χ2v) is 14.4. The largest absolute Gasteiger partial charge is 0.394 e. The van der Waals surface area contributed by atoms with Crippen molar-refractivity contribution in [3.05, 3.63) is 85.1 Å². The van der Waals surface area contributed by atoms with Crippen LogP contribution in [0.2, 0.25) is 0 Å². The van der Waals surface area contributed by atoms with Crippen molar-refractivity contribution >= 4 is 5.91 Å². The number of hydrogen-bond donors (Lipinski definition) is 3. The number of carbonyl (C=O) groups is 1. The fraction of sp³-hybridized carbons (Fsp3) is 0.688. The van der Waals surface area contributed by atoms with Gasteiger partial charge in [0.05, 0.1) is 18.8 Å². The molecule has 0 aromatic rings. The summed E-state index contributed by atoms with van der Waals surface area (Å²) < 4.78 is 0. The number of hydrogen-bond acceptors (Lipinski definition) is 3. The molecular weight excluding hydrogens is 639 g/mol. The minimum atomic E-state index is -0.864. The van der Waals surface area contributed by atoms with Gasteiger partial charge in [-0.25, -0.2) is 0 Å². The van der Waals surface area contributed by atoms with Gasteiger partial charge in [-0.2, -0.15) is 0 Å². The van der Waals surface area contributed by atoms with Crippen LogP contribution in [0.25, 0.3) is 0 Å². The molecule has 52 heavy (non-hydrogen) atoms. The van der Waals surface area contributed by atoms with Gasteiger partial charge in [0.2, 0.25) is 5.91 Å². The summed E-state index contributed by atoms with van der Waals surface area (Å²) in [6.45, 7) is 4.14. The Hall–Kier alpha value is -2.43. The molecule has 298 valence electrons.